The van der Waals surface area contributed by atoms with Gasteiger partial charge in [-0.15, -0.1) is 0 Å². The van der Waals surface area contributed by atoms with Crippen molar-refractivity contribution < 1.29 is 14.7 Å². The predicted molar refractivity (Wildman–Crippen MR) is 63.3 cm³/mol. The van der Waals surface area contributed by atoms with Gasteiger partial charge in [-0.3, -0.25) is 14.4 Å². The van der Waals surface area contributed by atoms with Crippen LogP contribution in [-0.2, 0) is 4.79 Å². The number of nitrogens with zero attached hydrogens (tertiary/aromatic N) is 1. The zero-order valence-electron chi connectivity index (χ0n) is 9.92. The zero-order valence-corrected chi connectivity index (χ0v) is 9.92. The van der Waals surface area contributed by atoms with E-state index in [1.165, 1.54) is 23.2 Å². The van der Waals surface area contributed by atoms with Gasteiger partial charge >= 0.3 is 5.97 Å². The Hall–Kier alpha value is -2.11. The maximum atomic E-state index is 12.2. The van der Waals surface area contributed by atoms with E-state index in [4.69, 9.17) is 5.11 Å². The molecule has 2 heterocycles. The number of likely N-dealkylation sites (tertiary alicyclic amines) is 1. The third kappa shape index (κ3) is 2.13. The molecule has 6 nitrogen and oxygen atoms in total. The fourth-order valence-corrected chi connectivity index (χ4v) is 2.30. The van der Waals surface area contributed by atoms with Crippen molar-refractivity contribution in [1.82, 2.24) is 9.88 Å². The third-order valence-electron chi connectivity index (χ3n) is 3.36. The van der Waals surface area contributed by atoms with Crippen molar-refractivity contribution >= 4 is 11.9 Å². The van der Waals surface area contributed by atoms with Crippen molar-refractivity contribution in [3.63, 3.8) is 0 Å². The van der Waals surface area contributed by atoms with Crippen LogP contribution < -0.4 is 5.56 Å². The summed E-state index contributed by atoms with van der Waals surface area (Å²) in [6, 6.07) is 2.39. The Kier molecular flexibility index (Phi) is 3.18. The maximum absolute atomic E-state index is 12.2. The zero-order chi connectivity index (χ0) is 13.3. The number of pyridine rings is 1. The molecule has 96 valence electrons. The van der Waals surface area contributed by atoms with Gasteiger partial charge < -0.3 is 15.0 Å². The topological polar surface area (TPSA) is 90.5 Å². The molecule has 1 saturated heterocycles. The molecule has 0 spiro atoms. The first kappa shape index (κ1) is 12.3. The van der Waals surface area contributed by atoms with Gasteiger partial charge in [-0.1, -0.05) is 0 Å². The molecule has 6 heteroatoms. The highest BCUT2D eigenvalue weighted by Crippen LogP contribution is 2.25. The Morgan fingerprint density at radius 2 is 2.22 bits per heavy atom. The predicted octanol–water partition coefficient (Wildman–Crippen LogP) is 0.310. The highest BCUT2D eigenvalue weighted by Gasteiger charge is 2.38. The van der Waals surface area contributed by atoms with E-state index in [2.05, 4.69) is 4.98 Å². The molecule has 0 radical (unpaired) electrons. The molecule has 2 atom stereocenters. The van der Waals surface area contributed by atoms with E-state index < -0.39 is 11.9 Å². The van der Waals surface area contributed by atoms with Crippen molar-refractivity contribution in [2.45, 2.75) is 19.4 Å². The lowest BCUT2D eigenvalue weighted by atomic mass is 10.0. The highest BCUT2D eigenvalue weighted by molar-refractivity contribution is 5.94. The molecule has 1 aromatic heterocycles. The van der Waals surface area contributed by atoms with Gasteiger partial charge in [-0.2, -0.15) is 0 Å². The van der Waals surface area contributed by atoms with Crippen LogP contribution in [-0.4, -0.2) is 39.5 Å². The summed E-state index contributed by atoms with van der Waals surface area (Å²) in [4.78, 5) is 38.2. The first-order chi connectivity index (χ1) is 8.50. The Balaban J connectivity index is 2.21. The Labute approximate surface area is 103 Å². The van der Waals surface area contributed by atoms with E-state index in [0.717, 1.165) is 0 Å². The number of carbonyl (C=O) groups is 2. The Bertz CT molecular complexity index is 537. The fourth-order valence-electron chi connectivity index (χ4n) is 2.30. The number of rotatable bonds is 2. The second kappa shape index (κ2) is 4.64. The molecular weight excluding hydrogens is 236 g/mol. The lowest BCUT2D eigenvalue weighted by Crippen LogP contribution is -2.38. The van der Waals surface area contributed by atoms with Crippen LogP contribution >= 0.6 is 0 Å². The molecule has 1 fully saturated rings. The van der Waals surface area contributed by atoms with Crippen molar-refractivity contribution in [2.24, 2.45) is 5.92 Å². The van der Waals surface area contributed by atoms with Crippen LogP contribution in [0, 0.1) is 5.92 Å². The minimum Gasteiger partial charge on any atom is -0.481 e. The van der Waals surface area contributed by atoms with E-state index in [9.17, 15) is 14.4 Å². The van der Waals surface area contributed by atoms with Crippen LogP contribution in [0.15, 0.2) is 23.1 Å². The number of nitrogens with one attached hydrogen (secondary N) is 1. The van der Waals surface area contributed by atoms with Crippen LogP contribution in [0.5, 0.6) is 0 Å². The van der Waals surface area contributed by atoms with E-state index >= 15 is 0 Å². The number of H-pyrrole nitrogens is 1. The maximum Gasteiger partial charge on any atom is 0.308 e. The number of carboxylic acid groups (broad SMARTS) is 1. The molecule has 1 amide bonds. The molecule has 0 aliphatic carbocycles. The summed E-state index contributed by atoms with van der Waals surface area (Å²) in [6.07, 6.45) is 1.86. The standard InChI is InChI=1S/C12H14N2O4/c1-7-9(12(17)18)3-5-14(7)11(16)8-2-4-13-10(15)6-8/h2,4,6-7,9H,3,5H2,1H3,(H,13,15)(H,17,18). The van der Waals surface area contributed by atoms with Crippen LogP contribution in [0.2, 0.25) is 0 Å². The minimum atomic E-state index is -0.885. The molecule has 0 aromatic carbocycles. The molecule has 2 unspecified atom stereocenters. The number of aromatic nitrogens is 1. The van der Waals surface area contributed by atoms with E-state index in [1.54, 1.807) is 6.92 Å². The quantitative estimate of drug-likeness (QED) is 0.790. The monoisotopic (exact) mass is 250 g/mol. The van der Waals surface area contributed by atoms with Crippen molar-refractivity contribution in [3.05, 3.63) is 34.2 Å². The molecule has 2 N–H and O–H groups in total. The summed E-state index contributed by atoms with van der Waals surface area (Å²) < 4.78 is 0. The molecule has 1 aromatic rings. The molecule has 1 aliphatic rings. The molecule has 1 aliphatic heterocycles. The number of carboxylic acids is 1. The van der Waals surface area contributed by atoms with Gasteiger partial charge in [-0.25, -0.2) is 0 Å². The summed E-state index contributed by atoms with van der Waals surface area (Å²) in [7, 11) is 0. The first-order valence-corrected chi connectivity index (χ1v) is 5.73. The minimum absolute atomic E-state index is 0.289. The smallest absolute Gasteiger partial charge is 0.308 e. The molecule has 0 bridgehead atoms. The van der Waals surface area contributed by atoms with Gasteiger partial charge in [0.2, 0.25) is 5.56 Å². The molecule has 2 rings (SSSR count). The summed E-state index contributed by atoms with van der Waals surface area (Å²) in [6.45, 7) is 2.13. The van der Waals surface area contributed by atoms with Gasteiger partial charge in [0.1, 0.15) is 0 Å². The van der Waals surface area contributed by atoms with Crippen LogP contribution in [0.4, 0.5) is 0 Å². The second-order valence-corrected chi connectivity index (χ2v) is 4.41. The highest BCUT2D eigenvalue weighted by atomic mass is 16.4. The Morgan fingerprint density at radius 3 is 2.78 bits per heavy atom. The van der Waals surface area contributed by atoms with Crippen LogP contribution in [0.1, 0.15) is 23.7 Å². The van der Waals surface area contributed by atoms with Gasteiger partial charge in [0.15, 0.2) is 0 Å². The number of aliphatic carboxylic acids is 1. The summed E-state index contributed by atoms with van der Waals surface area (Å²) in [5.74, 6) is -1.71. The Morgan fingerprint density at radius 1 is 1.50 bits per heavy atom. The number of hydrogen-bond acceptors (Lipinski definition) is 3. The van der Waals surface area contributed by atoms with Crippen LogP contribution in [0.25, 0.3) is 0 Å². The molecule has 0 saturated carbocycles. The third-order valence-corrected chi connectivity index (χ3v) is 3.36. The van der Waals surface area contributed by atoms with E-state index in [1.807, 2.05) is 0 Å². The van der Waals surface area contributed by atoms with Gasteiger partial charge in [0.05, 0.1) is 5.92 Å². The number of amides is 1. The van der Waals surface area contributed by atoms with Crippen molar-refractivity contribution in [2.75, 3.05) is 6.54 Å². The van der Waals surface area contributed by atoms with Gasteiger partial charge in [-0.05, 0) is 19.4 Å². The van der Waals surface area contributed by atoms with E-state index in [0.29, 0.717) is 13.0 Å². The lowest BCUT2D eigenvalue weighted by Gasteiger charge is -2.23. The number of aromatic amines is 1. The normalized spacial score (nSPS) is 23.1. The largest absolute Gasteiger partial charge is 0.481 e. The van der Waals surface area contributed by atoms with Crippen molar-refractivity contribution in [3.8, 4) is 0 Å². The average molecular weight is 250 g/mol. The average Bonchev–Trinajstić information content (AvgIpc) is 2.70. The summed E-state index contributed by atoms with van der Waals surface area (Å²) >= 11 is 0. The number of carbonyl (C=O) groups excluding carboxylic acids is 1. The first-order valence-electron chi connectivity index (χ1n) is 5.73. The number of hydrogen-bond donors (Lipinski definition) is 2. The summed E-state index contributed by atoms with van der Waals surface area (Å²) in [5.41, 5.74) is -0.0564. The van der Waals surface area contributed by atoms with Gasteiger partial charge in [0, 0.05) is 30.4 Å². The van der Waals surface area contributed by atoms with E-state index in [-0.39, 0.29) is 23.1 Å². The summed E-state index contributed by atoms with van der Waals surface area (Å²) in [5, 5.41) is 9.00. The van der Waals surface area contributed by atoms with Crippen LogP contribution in [0.3, 0.4) is 0 Å². The molecule has 18 heavy (non-hydrogen) atoms. The van der Waals surface area contributed by atoms with Crippen molar-refractivity contribution in [1.29, 1.82) is 0 Å². The lowest BCUT2D eigenvalue weighted by molar-refractivity contribution is -0.142. The SMILES string of the molecule is CC1C(C(=O)O)CCN1C(=O)c1cc[nH]c(=O)c1. The second-order valence-electron chi connectivity index (χ2n) is 4.41. The molecular formula is C12H14N2O4. The fraction of sp³-hybridized carbons (Fsp3) is 0.417. The van der Waals surface area contributed by atoms with Gasteiger partial charge in [0.25, 0.3) is 5.91 Å².